The second-order valence-corrected chi connectivity index (χ2v) is 9.46. The lowest BCUT2D eigenvalue weighted by Gasteiger charge is -2.23. The van der Waals surface area contributed by atoms with Crippen LogP contribution in [-0.4, -0.2) is 39.3 Å². The zero-order valence-electron chi connectivity index (χ0n) is 21.7. The van der Waals surface area contributed by atoms with E-state index >= 15 is 0 Å². The highest BCUT2D eigenvalue weighted by atomic mass is 16.5. The van der Waals surface area contributed by atoms with Crippen molar-refractivity contribution in [1.82, 2.24) is 15.0 Å². The maximum absolute atomic E-state index is 9.88. The highest BCUT2D eigenvalue weighted by Gasteiger charge is 2.27. The molecule has 0 spiro atoms. The van der Waals surface area contributed by atoms with Crippen LogP contribution in [-0.2, 0) is 0 Å². The maximum Gasteiger partial charge on any atom is 0.328 e. The zero-order chi connectivity index (χ0) is 27.4. The van der Waals surface area contributed by atoms with Crippen molar-refractivity contribution in [2.24, 2.45) is 0 Å². The molecule has 1 saturated heterocycles. The molecule has 1 unspecified atom stereocenters. The SMILES string of the molecule is Cc1cc(-c2ccc(C#N)cc2)cc(C)c1Oc1nc(Nc2ccc(C#N)cc2)nc(N2CCCC2CO)n1. The molecule has 0 amide bonds. The Hall–Kier alpha value is -4.99. The van der Waals surface area contributed by atoms with E-state index in [4.69, 9.17) is 15.3 Å². The van der Waals surface area contributed by atoms with Crippen LogP contribution >= 0.6 is 0 Å². The Morgan fingerprint density at radius 1 is 0.923 bits per heavy atom. The van der Waals surface area contributed by atoms with Gasteiger partial charge in [-0.05, 0) is 97.5 Å². The van der Waals surface area contributed by atoms with Crippen LogP contribution in [0.1, 0.15) is 35.1 Å². The van der Waals surface area contributed by atoms with Gasteiger partial charge in [0.05, 0.1) is 35.9 Å². The van der Waals surface area contributed by atoms with E-state index in [0.717, 1.165) is 47.3 Å². The molecule has 1 aliphatic heterocycles. The molecule has 1 fully saturated rings. The molecule has 2 heterocycles. The molecule has 1 atom stereocenters. The molecule has 5 rings (SSSR count). The number of nitrogens with zero attached hydrogens (tertiary/aromatic N) is 6. The first kappa shape index (κ1) is 25.7. The molecule has 2 N–H and O–H groups in total. The van der Waals surface area contributed by atoms with E-state index in [1.54, 1.807) is 36.4 Å². The van der Waals surface area contributed by atoms with E-state index in [1.165, 1.54) is 0 Å². The average molecular weight is 518 g/mol. The summed E-state index contributed by atoms with van der Waals surface area (Å²) < 4.78 is 6.27. The molecule has 9 nitrogen and oxygen atoms in total. The molecule has 0 aliphatic carbocycles. The van der Waals surface area contributed by atoms with Gasteiger partial charge in [-0.25, -0.2) is 0 Å². The van der Waals surface area contributed by atoms with E-state index in [-0.39, 0.29) is 18.7 Å². The highest BCUT2D eigenvalue weighted by molar-refractivity contribution is 5.68. The van der Waals surface area contributed by atoms with E-state index < -0.39 is 0 Å². The van der Waals surface area contributed by atoms with Crippen LogP contribution in [0, 0.1) is 36.5 Å². The van der Waals surface area contributed by atoms with Crippen molar-refractivity contribution in [3.63, 3.8) is 0 Å². The van der Waals surface area contributed by atoms with Crippen molar-refractivity contribution >= 4 is 17.6 Å². The zero-order valence-corrected chi connectivity index (χ0v) is 21.7. The highest BCUT2D eigenvalue weighted by Crippen LogP contribution is 2.34. The predicted octanol–water partition coefficient (Wildman–Crippen LogP) is 5.40. The lowest BCUT2D eigenvalue weighted by molar-refractivity contribution is 0.265. The molecular weight excluding hydrogens is 490 g/mol. The number of rotatable bonds is 7. The number of anilines is 3. The molecular formula is C30H27N7O2. The van der Waals surface area contributed by atoms with Gasteiger partial charge in [0.25, 0.3) is 0 Å². The summed E-state index contributed by atoms with van der Waals surface area (Å²) in [5.74, 6) is 1.37. The van der Waals surface area contributed by atoms with Crippen LogP contribution in [0.2, 0.25) is 0 Å². The van der Waals surface area contributed by atoms with Crippen LogP contribution in [0.4, 0.5) is 17.6 Å². The lowest BCUT2D eigenvalue weighted by atomic mass is 9.99. The maximum atomic E-state index is 9.88. The van der Waals surface area contributed by atoms with Crippen molar-refractivity contribution in [3.05, 3.63) is 82.9 Å². The fourth-order valence-electron chi connectivity index (χ4n) is 4.73. The summed E-state index contributed by atoms with van der Waals surface area (Å²) in [5, 5.41) is 31.2. The molecule has 0 radical (unpaired) electrons. The van der Waals surface area contributed by atoms with Gasteiger partial charge in [0.2, 0.25) is 11.9 Å². The first-order chi connectivity index (χ1) is 19.0. The van der Waals surface area contributed by atoms with Gasteiger partial charge < -0.3 is 20.1 Å². The summed E-state index contributed by atoms with van der Waals surface area (Å²) in [6.07, 6.45) is 1.78. The topological polar surface area (TPSA) is 131 Å². The molecule has 0 saturated carbocycles. The number of aliphatic hydroxyl groups excluding tert-OH is 1. The molecule has 1 aliphatic rings. The Labute approximate surface area is 227 Å². The number of benzene rings is 3. The Bertz CT molecular complexity index is 1550. The molecule has 1 aromatic heterocycles. The fourth-order valence-corrected chi connectivity index (χ4v) is 4.73. The number of aryl methyl sites for hydroxylation is 2. The van der Waals surface area contributed by atoms with Gasteiger partial charge in [0, 0.05) is 12.2 Å². The van der Waals surface area contributed by atoms with Crippen LogP contribution in [0.15, 0.2) is 60.7 Å². The molecule has 0 bridgehead atoms. The molecule has 4 aromatic rings. The third-order valence-corrected chi connectivity index (χ3v) is 6.72. The largest absolute Gasteiger partial charge is 0.424 e. The summed E-state index contributed by atoms with van der Waals surface area (Å²) in [6.45, 7) is 4.67. The van der Waals surface area contributed by atoms with Crippen molar-refractivity contribution in [1.29, 1.82) is 10.5 Å². The minimum Gasteiger partial charge on any atom is -0.424 e. The number of aliphatic hydroxyl groups is 1. The van der Waals surface area contributed by atoms with Crippen LogP contribution in [0.25, 0.3) is 11.1 Å². The van der Waals surface area contributed by atoms with Crippen LogP contribution < -0.4 is 15.0 Å². The summed E-state index contributed by atoms with van der Waals surface area (Å²) in [4.78, 5) is 15.7. The van der Waals surface area contributed by atoms with Gasteiger partial charge >= 0.3 is 6.01 Å². The number of ether oxygens (including phenoxy) is 1. The minimum atomic E-state index is -0.0711. The van der Waals surface area contributed by atoms with Crippen molar-refractivity contribution in [3.8, 4) is 35.0 Å². The second kappa shape index (κ2) is 11.2. The Kier molecular flexibility index (Phi) is 7.35. The average Bonchev–Trinajstić information content (AvgIpc) is 3.44. The number of hydrogen-bond donors (Lipinski definition) is 2. The first-order valence-electron chi connectivity index (χ1n) is 12.7. The molecule has 194 valence electrons. The summed E-state index contributed by atoms with van der Waals surface area (Å²) in [6, 6.07) is 22.8. The number of aromatic nitrogens is 3. The van der Waals surface area contributed by atoms with E-state index in [2.05, 4.69) is 32.4 Å². The number of nitriles is 2. The Balaban J connectivity index is 1.48. The van der Waals surface area contributed by atoms with Crippen molar-refractivity contribution in [2.75, 3.05) is 23.4 Å². The van der Waals surface area contributed by atoms with Gasteiger partial charge in [0.1, 0.15) is 5.75 Å². The fraction of sp³-hybridized carbons (Fsp3) is 0.233. The quantitative estimate of drug-likeness (QED) is 0.331. The van der Waals surface area contributed by atoms with Gasteiger partial charge in [-0.15, -0.1) is 0 Å². The Morgan fingerprint density at radius 2 is 1.56 bits per heavy atom. The minimum absolute atomic E-state index is 0.00921. The van der Waals surface area contributed by atoms with Gasteiger partial charge in [-0.2, -0.15) is 25.5 Å². The molecule has 3 aromatic carbocycles. The first-order valence-corrected chi connectivity index (χ1v) is 12.7. The monoisotopic (exact) mass is 517 g/mol. The normalized spacial score (nSPS) is 14.5. The van der Waals surface area contributed by atoms with E-state index in [1.807, 2.05) is 43.0 Å². The van der Waals surface area contributed by atoms with E-state index in [0.29, 0.717) is 28.8 Å². The van der Waals surface area contributed by atoms with E-state index in [9.17, 15) is 5.11 Å². The molecule has 39 heavy (non-hydrogen) atoms. The second-order valence-electron chi connectivity index (χ2n) is 9.46. The van der Waals surface area contributed by atoms with Gasteiger partial charge in [0.15, 0.2) is 0 Å². The Morgan fingerprint density at radius 3 is 2.18 bits per heavy atom. The molecule has 9 heteroatoms. The summed E-state index contributed by atoms with van der Waals surface area (Å²) in [5.41, 5.74) is 5.73. The number of hydrogen-bond acceptors (Lipinski definition) is 9. The standard InChI is InChI=1S/C30H27N7O2/c1-19-14-24(23-9-5-21(16-31)6-10-23)15-20(2)27(19)39-30-35-28(33-25-11-7-22(17-32)8-12-25)34-29(36-30)37-13-3-4-26(37)18-38/h5-12,14-15,26,38H,3-4,13,18H2,1-2H3,(H,33,34,35,36). The van der Waals surface area contributed by atoms with Crippen LogP contribution in [0.5, 0.6) is 11.8 Å². The lowest BCUT2D eigenvalue weighted by Crippen LogP contribution is -2.33. The summed E-state index contributed by atoms with van der Waals surface area (Å²) in [7, 11) is 0. The van der Waals surface area contributed by atoms with Gasteiger partial charge in [-0.1, -0.05) is 12.1 Å². The van der Waals surface area contributed by atoms with Crippen molar-refractivity contribution < 1.29 is 9.84 Å². The predicted molar refractivity (Wildman–Crippen MR) is 148 cm³/mol. The smallest absolute Gasteiger partial charge is 0.328 e. The number of nitrogens with one attached hydrogen (secondary N) is 1. The third-order valence-electron chi connectivity index (χ3n) is 6.72. The summed E-state index contributed by atoms with van der Waals surface area (Å²) >= 11 is 0. The van der Waals surface area contributed by atoms with Crippen molar-refractivity contribution in [2.45, 2.75) is 32.7 Å². The van der Waals surface area contributed by atoms with Gasteiger partial charge in [-0.3, -0.25) is 0 Å². The van der Waals surface area contributed by atoms with Crippen LogP contribution in [0.3, 0.4) is 0 Å². The third kappa shape index (κ3) is 5.64.